The lowest BCUT2D eigenvalue weighted by molar-refractivity contribution is 0.0613. The number of amides is 1. The van der Waals surface area contributed by atoms with Gasteiger partial charge in [-0.3, -0.25) is 9.78 Å². The third-order valence-corrected chi connectivity index (χ3v) is 5.55. The van der Waals surface area contributed by atoms with Gasteiger partial charge in [0.05, 0.1) is 17.2 Å². The summed E-state index contributed by atoms with van der Waals surface area (Å²) in [6.45, 7) is 5.67. The fourth-order valence-electron chi connectivity index (χ4n) is 4.12. The average molecular weight is 371 g/mol. The van der Waals surface area contributed by atoms with Gasteiger partial charge in [0.2, 0.25) is 0 Å². The number of aryl methyl sites for hydroxylation is 1. The standard InChI is InChI=1S/C21H26FN3O2/c1-14-11-19(18-5-4-15(22)12-20(18)23-14)21(26)24-16-6-8-25(9-7-16)13-17-3-2-10-27-17/h4-5,11-12,16-17H,2-3,6-10,13H2,1H3,(H,24,26)/t17-/m0/s1. The highest BCUT2D eigenvalue weighted by Crippen LogP contribution is 2.21. The SMILES string of the molecule is Cc1cc(C(=O)NC2CCN(C[C@@H]3CCCO3)CC2)c2ccc(F)cc2n1. The van der Waals surface area contributed by atoms with E-state index in [1.165, 1.54) is 18.6 Å². The van der Waals surface area contributed by atoms with Crippen molar-refractivity contribution >= 4 is 16.8 Å². The smallest absolute Gasteiger partial charge is 0.252 e. The van der Waals surface area contributed by atoms with Crippen molar-refractivity contribution in [1.29, 1.82) is 0 Å². The molecule has 1 aromatic carbocycles. The van der Waals surface area contributed by atoms with Crippen molar-refractivity contribution in [3.63, 3.8) is 0 Å². The number of pyridine rings is 1. The van der Waals surface area contributed by atoms with Crippen LogP contribution < -0.4 is 5.32 Å². The summed E-state index contributed by atoms with van der Waals surface area (Å²) in [5, 5.41) is 3.86. The van der Waals surface area contributed by atoms with Crippen LogP contribution in [0.3, 0.4) is 0 Å². The molecule has 27 heavy (non-hydrogen) atoms. The highest BCUT2D eigenvalue weighted by molar-refractivity contribution is 6.06. The van der Waals surface area contributed by atoms with Crippen molar-refractivity contribution in [2.75, 3.05) is 26.2 Å². The molecule has 0 radical (unpaired) electrons. The van der Waals surface area contributed by atoms with Gasteiger partial charge < -0.3 is 15.0 Å². The highest BCUT2D eigenvalue weighted by Gasteiger charge is 2.25. The quantitative estimate of drug-likeness (QED) is 0.898. The molecule has 2 aliphatic heterocycles. The van der Waals surface area contributed by atoms with E-state index in [9.17, 15) is 9.18 Å². The Bertz CT molecular complexity index is 822. The fraction of sp³-hybridized carbons (Fsp3) is 0.524. The molecule has 0 spiro atoms. The number of hydrogen-bond acceptors (Lipinski definition) is 4. The van der Waals surface area contributed by atoms with Gasteiger partial charge in [0.25, 0.3) is 5.91 Å². The Kier molecular flexibility index (Phi) is 5.36. The minimum Gasteiger partial charge on any atom is -0.377 e. The van der Waals surface area contributed by atoms with Crippen LogP contribution in [0.25, 0.3) is 10.9 Å². The lowest BCUT2D eigenvalue weighted by atomic mass is 10.0. The Morgan fingerprint density at radius 1 is 1.30 bits per heavy atom. The van der Waals surface area contributed by atoms with E-state index in [-0.39, 0.29) is 17.8 Å². The number of carbonyl (C=O) groups is 1. The van der Waals surface area contributed by atoms with Crippen molar-refractivity contribution in [2.45, 2.75) is 44.8 Å². The van der Waals surface area contributed by atoms with E-state index >= 15 is 0 Å². The number of ether oxygens (including phenoxy) is 1. The Labute approximate surface area is 158 Å². The van der Waals surface area contributed by atoms with Gasteiger partial charge in [-0.2, -0.15) is 0 Å². The lowest BCUT2D eigenvalue weighted by Crippen LogP contribution is -2.46. The van der Waals surface area contributed by atoms with Gasteiger partial charge in [0.15, 0.2) is 0 Å². The molecule has 5 nitrogen and oxygen atoms in total. The lowest BCUT2D eigenvalue weighted by Gasteiger charge is -2.33. The molecule has 1 aromatic heterocycles. The van der Waals surface area contributed by atoms with Gasteiger partial charge in [0.1, 0.15) is 5.82 Å². The van der Waals surface area contributed by atoms with Crippen LogP contribution in [0.5, 0.6) is 0 Å². The summed E-state index contributed by atoms with van der Waals surface area (Å²) in [4.78, 5) is 19.6. The fourth-order valence-corrected chi connectivity index (χ4v) is 4.12. The predicted octanol–water partition coefficient (Wildman–Crippen LogP) is 3.06. The number of likely N-dealkylation sites (tertiary alicyclic amines) is 1. The van der Waals surface area contributed by atoms with Crippen molar-refractivity contribution in [3.05, 3.63) is 41.3 Å². The maximum atomic E-state index is 13.5. The van der Waals surface area contributed by atoms with E-state index in [1.54, 1.807) is 12.1 Å². The van der Waals surface area contributed by atoms with Crippen molar-refractivity contribution in [1.82, 2.24) is 15.2 Å². The molecule has 4 rings (SSSR count). The number of piperidine rings is 1. The Balaban J connectivity index is 1.39. The molecule has 0 aliphatic carbocycles. The molecule has 1 atom stereocenters. The summed E-state index contributed by atoms with van der Waals surface area (Å²) >= 11 is 0. The zero-order chi connectivity index (χ0) is 18.8. The number of aromatic nitrogens is 1. The van der Waals surface area contributed by atoms with Gasteiger partial charge in [-0.05, 0) is 50.8 Å². The molecule has 144 valence electrons. The molecule has 1 amide bonds. The summed E-state index contributed by atoms with van der Waals surface area (Å²) in [5.41, 5.74) is 1.80. The summed E-state index contributed by atoms with van der Waals surface area (Å²) < 4.78 is 19.2. The first-order chi connectivity index (χ1) is 13.1. The minimum absolute atomic E-state index is 0.102. The number of nitrogens with one attached hydrogen (secondary N) is 1. The summed E-state index contributed by atoms with van der Waals surface area (Å²) in [6, 6.07) is 6.34. The number of fused-ring (bicyclic) bond motifs is 1. The molecular formula is C21H26FN3O2. The van der Waals surface area contributed by atoms with Crippen molar-refractivity contribution in [3.8, 4) is 0 Å². The largest absolute Gasteiger partial charge is 0.377 e. The maximum absolute atomic E-state index is 13.5. The van der Waals surface area contributed by atoms with E-state index in [1.807, 2.05) is 6.92 Å². The number of nitrogens with zero attached hydrogens (tertiary/aromatic N) is 2. The van der Waals surface area contributed by atoms with E-state index in [0.717, 1.165) is 45.5 Å². The normalized spacial score (nSPS) is 21.6. The third-order valence-electron chi connectivity index (χ3n) is 5.55. The van der Waals surface area contributed by atoms with Crippen molar-refractivity contribution in [2.24, 2.45) is 0 Å². The number of carbonyl (C=O) groups excluding carboxylic acids is 1. The van der Waals surface area contributed by atoms with Crippen LogP contribution >= 0.6 is 0 Å². The Hall–Kier alpha value is -2.05. The molecule has 0 unspecified atom stereocenters. The zero-order valence-electron chi connectivity index (χ0n) is 15.7. The second-order valence-corrected chi connectivity index (χ2v) is 7.66. The molecule has 2 aliphatic rings. The summed E-state index contributed by atoms with van der Waals surface area (Å²) in [6.07, 6.45) is 4.58. The first kappa shape index (κ1) is 18.3. The average Bonchev–Trinajstić information content (AvgIpc) is 3.15. The topological polar surface area (TPSA) is 54.5 Å². The van der Waals surface area contributed by atoms with E-state index < -0.39 is 0 Å². The van der Waals surface area contributed by atoms with E-state index in [4.69, 9.17) is 4.74 Å². The van der Waals surface area contributed by atoms with Crippen molar-refractivity contribution < 1.29 is 13.9 Å². The minimum atomic E-state index is -0.342. The van der Waals surface area contributed by atoms with Crippen LogP contribution in [0.2, 0.25) is 0 Å². The number of hydrogen-bond donors (Lipinski definition) is 1. The second-order valence-electron chi connectivity index (χ2n) is 7.66. The molecule has 2 fully saturated rings. The van der Waals surface area contributed by atoms with Crippen LogP contribution in [-0.2, 0) is 4.74 Å². The molecule has 2 aromatic rings. The van der Waals surface area contributed by atoms with Gasteiger partial charge in [-0.25, -0.2) is 4.39 Å². The molecule has 1 N–H and O–H groups in total. The second kappa shape index (κ2) is 7.90. The maximum Gasteiger partial charge on any atom is 0.252 e. The Morgan fingerprint density at radius 2 is 2.11 bits per heavy atom. The molecule has 0 bridgehead atoms. The van der Waals surface area contributed by atoms with E-state index in [2.05, 4.69) is 15.2 Å². The third kappa shape index (κ3) is 4.28. The number of rotatable bonds is 4. The van der Waals surface area contributed by atoms with Crippen LogP contribution in [0.4, 0.5) is 4.39 Å². The van der Waals surface area contributed by atoms with Gasteiger partial charge in [0, 0.05) is 49.4 Å². The summed E-state index contributed by atoms with van der Waals surface area (Å²) in [7, 11) is 0. The monoisotopic (exact) mass is 371 g/mol. The number of halogens is 1. The predicted molar refractivity (Wildman–Crippen MR) is 102 cm³/mol. The van der Waals surface area contributed by atoms with Gasteiger partial charge >= 0.3 is 0 Å². The van der Waals surface area contributed by atoms with Gasteiger partial charge in [-0.1, -0.05) is 0 Å². The first-order valence-electron chi connectivity index (χ1n) is 9.80. The molecule has 2 saturated heterocycles. The van der Waals surface area contributed by atoms with Crippen LogP contribution in [0.1, 0.15) is 41.7 Å². The van der Waals surface area contributed by atoms with Crippen LogP contribution in [0, 0.1) is 12.7 Å². The first-order valence-corrected chi connectivity index (χ1v) is 9.80. The highest BCUT2D eigenvalue weighted by atomic mass is 19.1. The van der Waals surface area contributed by atoms with Crippen LogP contribution in [-0.4, -0.2) is 54.2 Å². The van der Waals surface area contributed by atoms with Crippen LogP contribution in [0.15, 0.2) is 24.3 Å². The Morgan fingerprint density at radius 3 is 2.85 bits per heavy atom. The molecule has 3 heterocycles. The molecule has 0 saturated carbocycles. The van der Waals surface area contributed by atoms with E-state index in [0.29, 0.717) is 28.3 Å². The molecular weight excluding hydrogens is 345 g/mol. The zero-order valence-corrected chi connectivity index (χ0v) is 15.7. The number of benzene rings is 1. The molecule has 6 heteroatoms. The van der Waals surface area contributed by atoms with Gasteiger partial charge in [-0.15, -0.1) is 0 Å². The summed E-state index contributed by atoms with van der Waals surface area (Å²) in [5.74, 6) is -0.444.